The SMILES string of the molecule is COc1c([C@H]2C[C@@H](OCc3ccccc3)[C@H](OCc3ccccc3)[C@@H](C)O2)ccc2c1C(=O)c1c(cc3c(OCc4ccccc4)cc(C)cc3c1O)C2=O. The molecule has 55 heavy (non-hydrogen) atoms. The van der Waals surface area contributed by atoms with E-state index in [4.69, 9.17) is 23.7 Å². The van der Waals surface area contributed by atoms with Crippen LogP contribution in [0.25, 0.3) is 10.8 Å². The number of aryl methyl sites for hydroxylation is 1. The molecule has 4 atom stereocenters. The average Bonchev–Trinajstić information content (AvgIpc) is 3.21. The number of rotatable bonds is 11. The second kappa shape index (κ2) is 15.5. The summed E-state index contributed by atoms with van der Waals surface area (Å²) in [5, 5.41) is 12.7. The van der Waals surface area contributed by atoms with Crippen LogP contribution in [0.2, 0.25) is 0 Å². The van der Waals surface area contributed by atoms with Crippen LogP contribution in [0.3, 0.4) is 0 Å². The van der Waals surface area contributed by atoms with Crippen LogP contribution < -0.4 is 9.47 Å². The number of fused-ring (bicyclic) bond motifs is 3. The molecule has 2 aliphatic rings. The molecule has 0 unspecified atom stereocenters. The molecule has 0 saturated carbocycles. The molecule has 1 aliphatic carbocycles. The van der Waals surface area contributed by atoms with Crippen LogP contribution in [0.1, 0.15) is 79.1 Å². The third-order valence-electron chi connectivity index (χ3n) is 10.5. The molecule has 1 aliphatic heterocycles. The maximum atomic E-state index is 14.6. The number of ether oxygens (including phenoxy) is 5. The number of ketones is 2. The van der Waals surface area contributed by atoms with E-state index in [0.717, 1.165) is 22.3 Å². The van der Waals surface area contributed by atoms with Gasteiger partial charge in [0.2, 0.25) is 5.78 Å². The van der Waals surface area contributed by atoms with Gasteiger partial charge in [-0.25, -0.2) is 0 Å². The molecule has 0 spiro atoms. The lowest BCUT2D eigenvalue weighted by Crippen LogP contribution is -2.47. The fourth-order valence-corrected chi connectivity index (χ4v) is 7.80. The van der Waals surface area contributed by atoms with Gasteiger partial charge in [0.05, 0.1) is 49.8 Å². The third-order valence-corrected chi connectivity index (χ3v) is 10.5. The van der Waals surface area contributed by atoms with Gasteiger partial charge < -0.3 is 28.8 Å². The van der Waals surface area contributed by atoms with E-state index in [0.29, 0.717) is 48.3 Å². The van der Waals surface area contributed by atoms with Crippen LogP contribution in [0.5, 0.6) is 17.2 Å². The highest BCUT2D eigenvalue weighted by Crippen LogP contribution is 2.47. The van der Waals surface area contributed by atoms with Gasteiger partial charge in [-0.3, -0.25) is 9.59 Å². The third kappa shape index (κ3) is 7.12. The van der Waals surface area contributed by atoms with E-state index in [-0.39, 0.29) is 52.1 Å². The Kier molecular flexibility index (Phi) is 10.2. The molecule has 0 radical (unpaired) electrons. The van der Waals surface area contributed by atoms with Gasteiger partial charge in [-0.05, 0) is 60.4 Å². The first-order valence-electron chi connectivity index (χ1n) is 18.5. The van der Waals surface area contributed by atoms with Crippen molar-refractivity contribution in [3.8, 4) is 17.2 Å². The summed E-state index contributed by atoms with van der Waals surface area (Å²) in [5.74, 6) is -0.416. The van der Waals surface area contributed by atoms with E-state index in [1.807, 2.05) is 111 Å². The molecular weight excluding hydrogens is 693 g/mol. The normalized spacial score (nSPS) is 19.2. The Bertz CT molecular complexity index is 2360. The largest absolute Gasteiger partial charge is 0.506 e. The van der Waals surface area contributed by atoms with Gasteiger partial charge in [-0.15, -0.1) is 0 Å². The molecular formula is C47H42O8. The molecule has 1 fully saturated rings. The lowest BCUT2D eigenvalue weighted by molar-refractivity contribution is -0.204. The number of benzene rings is 6. The quantitative estimate of drug-likeness (QED) is 0.140. The zero-order valence-corrected chi connectivity index (χ0v) is 31.0. The van der Waals surface area contributed by atoms with E-state index >= 15 is 0 Å². The van der Waals surface area contributed by atoms with Crippen molar-refractivity contribution >= 4 is 22.3 Å². The van der Waals surface area contributed by atoms with E-state index in [1.54, 1.807) is 24.3 Å². The van der Waals surface area contributed by atoms with E-state index in [9.17, 15) is 14.7 Å². The van der Waals surface area contributed by atoms with Crippen LogP contribution in [0, 0.1) is 6.92 Å². The number of carbonyl (C=O) groups is 2. The fourth-order valence-electron chi connectivity index (χ4n) is 7.80. The molecule has 1 heterocycles. The first-order valence-corrected chi connectivity index (χ1v) is 18.5. The van der Waals surface area contributed by atoms with Gasteiger partial charge in [0, 0.05) is 33.9 Å². The predicted molar refractivity (Wildman–Crippen MR) is 209 cm³/mol. The van der Waals surface area contributed by atoms with Crippen LogP contribution in [0.15, 0.2) is 121 Å². The van der Waals surface area contributed by atoms with Crippen molar-refractivity contribution in [2.24, 2.45) is 0 Å². The van der Waals surface area contributed by atoms with E-state index in [2.05, 4.69) is 0 Å². The molecule has 8 rings (SSSR count). The summed E-state index contributed by atoms with van der Waals surface area (Å²) in [6.45, 7) is 4.93. The smallest absolute Gasteiger partial charge is 0.202 e. The molecule has 1 saturated heterocycles. The molecule has 0 aromatic heterocycles. The summed E-state index contributed by atoms with van der Waals surface area (Å²) in [6.07, 6.45) is -1.28. The Morgan fingerprint density at radius 1 is 0.691 bits per heavy atom. The molecule has 1 N–H and O–H groups in total. The summed E-state index contributed by atoms with van der Waals surface area (Å²) in [4.78, 5) is 28.9. The van der Waals surface area contributed by atoms with Crippen LogP contribution in [-0.4, -0.2) is 42.1 Å². The molecule has 6 aromatic rings. The molecule has 0 bridgehead atoms. The maximum Gasteiger partial charge on any atom is 0.202 e. The van der Waals surface area contributed by atoms with Crippen molar-refractivity contribution in [2.45, 2.75) is 64.5 Å². The number of methoxy groups -OCH3 is 1. The second-order valence-corrected chi connectivity index (χ2v) is 14.2. The molecule has 8 heteroatoms. The number of hydrogen-bond acceptors (Lipinski definition) is 8. The molecule has 0 amide bonds. The van der Waals surface area contributed by atoms with Crippen LogP contribution >= 0.6 is 0 Å². The summed E-state index contributed by atoms with van der Waals surface area (Å²) in [6, 6.07) is 38.5. The minimum Gasteiger partial charge on any atom is -0.506 e. The lowest BCUT2D eigenvalue weighted by Gasteiger charge is -2.41. The topological polar surface area (TPSA) is 101 Å². The summed E-state index contributed by atoms with van der Waals surface area (Å²) < 4.78 is 31.9. The van der Waals surface area contributed by atoms with Crippen molar-refractivity contribution in [3.05, 3.63) is 171 Å². The zero-order valence-electron chi connectivity index (χ0n) is 31.0. The highest BCUT2D eigenvalue weighted by molar-refractivity contribution is 6.32. The van der Waals surface area contributed by atoms with Gasteiger partial charge in [0.25, 0.3) is 0 Å². The number of aromatic hydroxyl groups is 1. The minimum atomic E-state index is -0.547. The highest BCUT2D eigenvalue weighted by Gasteiger charge is 2.42. The zero-order chi connectivity index (χ0) is 38.1. The number of hydrogen-bond donors (Lipinski definition) is 1. The highest BCUT2D eigenvalue weighted by atomic mass is 16.6. The lowest BCUT2D eigenvalue weighted by atomic mass is 9.79. The van der Waals surface area contributed by atoms with Crippen molar-refractivity contribution < 1.29 is 38.4 Å². The van der Waals surface area contributed by atoms with Gasteiger partial charge in [0.1, 0.15) is 30.0 Å². The van der Waals surface area contributed by atoms with Gasteiger partial charge >= 0.3 is 0 Å². The van der Waals surface area contributed by atoms with Crippen LogP contribution in [-0.2, 0) is 34.0 Å². The molecule has 278 valence electrons. The Labute approximate surface area is 320 Å². The summed E-state index contributed by atoms with van der Waals surface area (Å²) in [5.41, 5.74) is 4.84. The molecule has 6 aromatic carbocycles. The van der Waals surface area contributed by atoms with Crippen molar-refractivity contribution in [3.63, 3.8) is 0 Å². The van der Waals surface area contributed by atoms with E-state index in [1.165, 1.54) is 7.11 Å². The Morgan fingerprint density at radius 2 is 1.31 bits per heavy atom. The maximum absolute atomic E-state index is 14.6. The van der Waals surface area contributed by atoms with Crippen molar-refractivity contribution in [1.82, 2.24) is 0 Å². The minimum absolute atomic E-state index is 0.0589. The van der Waals surface area contributed by atoms with E-state index < -0.39 is 17.7 Å². The number of carbonyl (C=O) groups excluding carboxylic acids is 2. The van der Waals surface area contributed by atoms with Crippen molar-refractivity contribution in [2.75, 3.05) is 7.11 Å². The monoisotopic (exact) mass is 734 g/mol. The number of phenolic OH excluding ortho intramolecular Hbond substituents is 1. The first kappa shape index (κ1) is 36.2. The first-order chi connectivity index (χ1) is 26.8. The predicted octanol–water partition coefficient (Wildman–Crippen LogP) is 9.24. The van der Waals surface area contributed by atoms with Gasteiger partial charge in [0.15, 0.2) is 5.78 Å². The summed E-state index contributed by atoms with van der Waals surface area (Å²) in [7, 11) is 1.48. The Balaban J connectivity index is 1.13. The summed E-state index contributed by atoms with van der Waals surface area (Å²) >= 11 is 0. The standard InChI is InChI=1S/C47H42O8/c1-28-21-36-35(38(22-28)52-25-30-13-7-4-8-14-30)23-37-41(44(36)49)45(50)42-34(43(37)48)20-19-33(47(42)51-3)39-24-40(53-26-31-15-9-5-10-16-31)46(29(2)55-39)54-27-32-17-11-6-12-18-32/h4-23,29,39-40,46,49H,24-27H2,1-3H3/t29-,39-,40-,46-/m1/s1. The van der Waals surface area contributed by atoms with Crippen LogP contribution in [0.4, 0.5) is 0 Å². The Hall–Kier alpha value is -5.80. The van der Waals surface area contributed by atoms with Crippen molar-refractivity contribution in [1.29, 1.82) is 0 Å². The van der Waals surface area contributed by atoms with Gasteiger partial charge in [-0.2, -0.15) is 0 Å². The fraction of sp³-hybridized carbons (Fsp3) is 0.234. The molecule has 8 nitrogen and oxygen atoms in total. The Morgan fingerprint density at radius 3 is 1.95 bits per heavy atom. The van der Waals surface area contributed by atoms with Gasteiger partial charge in [-0.1, -0.05) is 97.1 Å². The average molecular weight is 735 g/mol. The number of phenols is 1. The second-order valence-electron chi connectivity index (χ2n) is 14.2.